The smallest absolute Gasteiger partial charge is 0.311 e. The third-order valence-corrected chi connectivity index (χ3v) is 3.84. The van der Waals surface area contributed by atoms with Crippen LogP contribution in [0.3, 0.4) is 0 Å². The highest BCUT2D eigenvalue weighted by molar-refractivity contribution is 5.92. The average Bonchev–Trinajstić information content (AvgIpc) is 2.37. The van der Waals surface area contributed by atoms with Gasteiger partial charge in [-0.2, -0.15) is 0 Å². The van der Waals surface area contributed by atoms with Crippen LogP contribution in [0.2, 0.25) is 0 Å². The molecule has 0 amide bonds. The number of rotatable bonds is 4. The number of hydrogen-bond donors (Lipinski definition) is 0. The van der Waals surface area contributed by atoms with Crippen molar-refractivity contribution in [1.29, 1.82) is 0 Å². The highest BCUT2D eigenvalue weighted by Gasteiger charge is 2.52. The maximum absolute atomic E-state index is 13.2. The van der Waals surface area contributed by atoms with Gasteiger partial charge in [-0.25, -0.2) is 4.39 Å². The molecule has 1 saturated carbocycles. The molecule has 1 fully saturated rings. The Bertz CT molecular complexity index is 545. The lowest BCUT2D eigenvalue weighted by Gasteiger charge is -2.43. The zero-order valence-corrected chi connectivity index (χ0v) is 10.7. The van der Waals surface area contributed by atoms with Crippen LogP contribution in [0.5, 0.6) is 5.75 Å². The van der Waals surface area contributed by atoms with Gasteiger partial charge in [0.1, 0.15) is 17.7 Å². The van der Waals surface area contributed by atoms with Gasteiger partial charge in [-0.15, -0.1) is 0 Å². The van der Waals surface area contributed by atoms with Crippen LogP contribution in [-0.2, 0) is 4.79 Å². The molecule has 2 rings (SSSR count). The summed E-state index contributed by atoms with van der Waals surface area (Å²) in [4.78, 5) is 21.8. The van der Waals surface area contributed by atoms with Crippen molar-refractivity contribution < 1.29 is 18.8 Å². The van der Waals surface area contributed by atoms with E-state index in [0.29, 0.717) is 6.42 Å². The van der Waals surface area contributed by atoms with Crippen molar-refractivity contribution in [1.82, 2.24) is 0 Å². The molecule has 102 valence electrons. The van der Waals surface area contributed by atoms with Gasteiger partial charge in [0.15, 0.2) is 5.75 Å². The molecule has 0 aromatic heterocycles. The molecule has 1 aromatic rings. The van der Waals surface area contributed by atoms with Gasteiger partial charge < -0.3 is 4.74 Å². The third-order valence-electron chi connectivity index (χ3n) is 3.84. The number of Topliss-reactive ketones (excluding diaryl/α,β-unsaturated/α-hetero) is 1. The van der Waals surface area contributed by atoms with Gasteiger partial charge >= 0.3 is 5.69 Å². The van der Waals surface area contributed by atoms with Crippen molar-refractivity contribution >= 4 is 11.5 Å². The fourth-order valence-corrected chi connectivity index (χ4v) is 2.16. The number of carbonyl (C=O) groups excluding carboxylic acids is 1. The maximum Gasteiger partial charge on any atom is 0.311 e. The van der Waals surface area contributed by atoms with Crippen molar-refractivity contribution in [2.45, 2.75) is 32.8 Å². The van der Waals surface area contributed by atoms with Crippen LogP contribution in [0, 0.1) is 21.3 Å². The van der Waals surface area contributed by atoms with Crippen LogP contribution in [0.4, 0.5) is 10.1 Å². The quantitative estimate of drug-likeness (QED) is 0.621. The number of nitrogens with zero attached hydrogens (tertiary/aromatic N) is 1. The van der Waals surface area contributed by atoms with E-state index in [1.165, 1.54) is 0 Å². The maximum atomic E-state index is 13.2. The van der Waals surface area contributed by atoms with E-state index in [1.807, 2.05) is 6.92 Å². The Balaban J connectivity index is 2.27. The second-order valence-corrected chi connectivity index (χ2v) is 4.87. The van der Waals surface area contributed by atoms with Gasteiger partial charge in [-0.3, -0.25) is 14.9 Å². The molecule has 1 aromatic carbocycles. The van der Waals surface area contributed by atoms with E-state index in [9.17, 15) is 19.3 Å². The molecule has 19 heavy (non-hydrogen) atoms. The number of ketones is 1. The van der Waals surface area contributed by atoms with Crippen LogP contribution in [0.1, 0.15) is 26.7 Å². The standard InChI is InChI=1S/C13H14FNO4/c1-3-13(2)11(16)7-12(13)19-10-6-8(14)4-5-9(10)15(17)18/h4-6,12H,3,7H2,1-2H3. The Morgan fingerprint density at radius 3 is 2.79 bits per heavy atom. The van der Waals surface area contributed by atoms with E-state index in [-0.39, 0.29) is 23.6 Å². The van der Waals surface area contributed by atoms with Crippen molar-refractivity contribution in [3.8, 4) is 5.75 Å². The second kappa shape index (κ2) is 4.60. The molecule has 0 spiro atoms. The highest BCUT2D eigenvalue weighted by atomic mass is 19.1. The summed E-state index contributed by atoms with van der Waals surface area (Å²) in [5.41, 5.74) is -0.931. The summed E-state index contributed by atoms with van der Waals surface area (Å²) in [6, 6.07) is 3.06. The van der Waals surface area contributed by atoms with Gasteiger partial charge in [0.2, 0.25) is 0 Å². The first kappa shape index (κ1) is 13.5. The van der Waals surface area contributed by atoms with E-state index in [4.69, 9.17) is 4.74 Å². The van der Waals surface area contributed by atoms with Gasteiger partial charge in [0, 0.05) is 18.6 Å². The number of ether oxygens (including phenoxy) is 1. The Kier molecular flexibility index (Phi) is 3.26. The summed E-state index contributed by atoms with van der Waals surface area (Å²) in [6.45, 7) is 3.61. The van der Waals surface area contributed by atoms with Crippen LogP contribution < -0.4 is 4.74 Å². The topological polar surface area (TPSA) is 69.4 Å². The fraction of sp³-hybridized carbons (Fsp3) is 0.462. The van der Waals surface area contributed by atoms with Crippen LogP contribution in [-0.4, -0.2) is 16.8 Å². The van der Waals surface area contributed by atoms with E-state index < -0.39 is 22.3 Å². The number of nitro benzene ring substituents is 1. The van der Waals surface area contributed by atoms with Crippen molar-refractivity contribution in [2.75, 3.05) is 0 Å². The molecule has 2 atom stereocenters. The van der Waals surface area contributed by atoms with Crippen molar-refractivity contribution in [3.05, 3.63) is 34.1 Å². The molecular formula is C13H14FNO4. The summed E-state index contributed by atoms with van der Waals surface area (Å²) >= 11 is 0. The first-order valence-corrected chi connectivity index (χ1v) is 6.02. The predicted octanol–water partition coefficient (Wildman–Crippen LogP) is 2.87. The summed E-state index contributed by atoms with van der Waals surface area (Å²) < 4.78 is 18.7. The minimum Gasteiger partial charge on any atom is -0.482 e. The average molecular weight is 267 g/mol. The number of halogens is 1. The lowest BCUT2D eigenvalue weighted by molar-refractivity contribution is -0.386. The number of nitro groups is 1. The van der Waals surface area contributed by atoms with Gasteiger partial charge in [0.25, 0.3) is 0 Å². The monoisotopic (exact) mass is 267 g/mol. The zero-order chi connectivity index (χ0) is 14.2. The summed E-state index contributed by atoms with van der Waals surface area (Å²) in [7, 11) is 0. The Morgan fingerprint density at radius 1 is 1.58 bits per heavy atom. The fourth-order valence-electron chi connectivity index (χ4n) is 2.16. The molecule has 5 nitrogen and oxygen atoms in total. The van der Waals surface area contributed by atoms with Gasteiger partial charge in [-0.05, 0) is 19.4 Å². The number of carbonyl (C=O) groups is 1. The molecule has 0 radical (unpaired) electrons. The lowest BCUT2D eigenvalue weighted by Crippen LogP contribution is -2.54. The van der Waals surface area contributed by atoms with E-state index in [0.717, 1.165) is 18.2 Å². The first-order chi connectivity index (χ1) is 8.88. The van der Waals surface area contributed by atoms with Crippen molar-refractivity contribution in [3.63, 3.8) is 0 Å². The molecule has 0 bridgehead atoms. The van der Waals surface area contributed by atoms with Crippen molar-refractivity contribution in [2.24, 2.45) is 5.41 Å². The van der Waals surface area contributed by atoms with Crippen LogP contribution in [0.15, 0.2) is 18.2 Å². The molecule has 6 heteroatoms. The van der Waals surface area contributed by atoms with Crippen LogP contribution in [0.25, 0.3) is 0 Å². The first-order valence-electron chi connectivity index (χ1n) is 6.02. The normalized spacial score (nSPS) is 25.8. The SMILES string of the molecule is CCC1(C)C(=O)CC1Oc1cc(F)ccc1[N+](=O)[O-]. The van der Waals surface area contributed by atoms with E-state index >= 15 is 0 Å². The minimum absolute atomic E-state index is 0.0686. The third kappa shape index (κ3) is 2.18. The van der Waals surface area contributed by atoms with Crippen LogP contribution >= 0.6 is 0 Å². The molecule has 1 aliphatic carbocycles. The molecule has 1 aliphatic rings. The van der Waals surface area contributed by atoms with Gasteiger partial charge in [-0.1, -0.05) is 6.92 Å². The summed E-state index contributed by atoms with van der Waals surface area (Å²) in [5, 5.41) is 10.9. The second-order valence-electron chi connectivity index (χ2n) is 4.87. The molecule has 0 heterocycles. The highest BCUT2D eigenvalue weighted by Crippen LogP contribution is 2.44. The van der Waals surface area contributed by atoms with Gasteiger partial charge in [0.05, 0.1) is 10.3 Å². The number of hydrogen-bond acceptors (Lipinski definition) is 4. The lowest BCUT2D eigenvalue weighted by atomic mass is 9.64. The molecule has 0 N–H and O–H groups in total. The number of benzene rings is 1. The predicted molar refractivity (Wildman–Crippen MR) is 65.5 cm³/mol. The summed E-state index contributed by atoms with van der Waals surface area (Å²) in [5.74, 6) is -0.661. The summed E-state index contributed by atoms with van der Waals surface area (Å²) in [6.07, 6.45) is 0.350. The minimum atomic E-state index is -0.639. The Morgan fingerprint density at radius 2 is 2.26 bits per heavy atom. The Hall–Kier alpha value is -1.98. The molecule has 2 unspecified atom stereocenters. The van der Waals surface area contributed by atoms with E-state index in [2.05, 4.69) is 0 Å². The largest absolute Gasteiger partial charge is 0.482 e. The molecular weight excluding hydrogens is 253 g/mol. The zero-order valence-electron chi connectivity index (χ0n) is 10.7. The van der Waals surface area contributed by atoms with E-state index in [1.54, 1.807) is 6.92 Å². The molecule has 0 saturated heterocycles. The Labute approximate surface area is 109 Å². The molecule has 0 aliphatic heterocycles.